The van der Waals surface area contributed by atoms with Crippen LogP contribution in [0.1, 0.15) is 10.4 Å². The third-order valence-electron chi connectivity index (χ3n) is 4.30. The highest BCUT2D eigenvalue weighted by molar-refractivity contribution is 8.13. The highest BCUT2D eigenvalue weighted by atomic mass is 35.5. The van der Waals surface area contributed by atoms with Crippen LogP contribution in [0.3, 0.4) is 0 Å². The molecule has 0 aliphatic carbocycles. The van der Waals surface area contributed by atoms with Gasteiger partial charge >= 0.3 is 0 Å². The smallest absolute Gasteiger partial charge is 0.283 e. The summed E-state index contributed by atoms with van der Waals surface area (Å²) < 4.78 is 5.23. The van der Waals surface area contributed by atoms with E-state index in [1.807, 2.05) is 41.8 Å². The maximum atomic E-state index is 13.2. The summed E-state index contributed by atoms with van der Waals surface area (Å²) in [4.78, 5) is 20.4. The normalized spacial score (nSPS) is 15.0. The molecule has 4 rings (SSSR count). The summed E-state index contributed by atoms with van der Waals surface area (Å²) in [6.07, 6.45) is 1.80. The second-order valence-electron chi connectivity index (χ2n) is 6.32. The quantitative estimate of drug-likeness (QED) is 0.384. The maximum Gasteiger partial charge on any atom is 0.283 e. The van der Waals surface area contributed by atoms with Gasteiger partial charge < -0.3 is 4.74 Å². The average molecular weight is 475 g/mol. The Morgan fingerprint density at radius 2 is 2.03 bits per heavy atom. The molecule has 0 saturated carbocycles. The summed E-state index contributed by atoms with van der Waals surface area (Å²) >= 11 is 15.4. The van der Waals surface area contributed by atoms with Gasteiger partial charge in [-0.3, -0.25) is 9.69 Å². The molecule has 4 nitrogen and oxygen atoms in total. The number of methoxy groups -OCH3 is 1. The molecule has 3 aromatic rings. The fraction of sp³-hybridized carbons (Fsp3) is 0.0909. The number of ether oxygens (including phenoxy) is 1. The standard InChI is InChI=1S/C22H16Cl2N2O2S2/c1-28-20-8-7-16(11-18(20)24)26-21(27)19(12-17-6-3-9-29-17)25-22(26)30-13-14-4-2-5-15(23)10-14/h2-12H,13H2,1H3/b19-12+. The first-order valence-electron chi connectivity index (χ1n) is 8.94. The molecular weight excluding hydrogens is 459 g/mol. The van der Waals surface area contributed by atoms with Crippen LogP contribution < -0.4 is 9.64 Å². The van der Waals surface area contributed by atoms with Gasteiger partial charge in [0.1, 0.15) is 11.4 Å². The minimum absolute atomic E-state index is 0.196. The van der Waals surface area contributed by atoms with Crippen molar-refractivity contribution in [3.8, 4) is 5.75 Å². The second kappa shape index (κ2) is 9.27. The van der Waals surface area contributed by atoms with E-state index >= 15 is 0 Å². The van der Waals surface area contributed by atoms with Gasteiger partial charge in [0.25, 0.3) is 5.91 Å². The van der Waals surface area contributed by atoms with E-state index in [0.29, 0.717) is 38.1 Å². The van der Waals surface area contributed by atoms with E-state index in [2.05, 4.69) is 4.99 Å². The number of amidine groups is 1. The first-order chi connectivity index (χ1) is 14.5. The molecule has 2 heterocycles. The predicted octanol–water partition coefficient (Wildman–Crippen LogP) is 6.74. The topological polar surface area (TPSA) is 41.9 Å². The van der Waals surface area contributed by atoms with E-state index in [9.17, 15) is 4.79 Å². The van der Waals surface area contributed by atoms with Crippen LogP contribution in [0, 0.1) is 0 Å². The van der Waals surface area contributed by atoms with Crippen LogP contribution in [0.5, 0.6) is 5.75 Å². The summed E-state index contributed by atoms with van der Waals surface area (Å²) in [5.41, 5.74) is 2.07. The molecule has 0 N–H and O–H groups in total. The molecule has 2 aromatic carbocycles. The summed E-state index contributed by atoms with van der Waals surface area (Å²) in [6, 6.07) is 16.8. The molecule has 0 bridgehead atoms. The molecule has 1 aliphatic heterocycles. The highest BCUT2D eigenvalue weighted by Crippen LogP contribution is 2.35. The number of carbonyl (C=O) groups excluding carboxylic acids is 1. The lowest BCUT2D eigenvalue weighted by atomic mass is 10.2. The van der Waals surface area contributed by atoms with Crippen molar-refractivity contribution in [2.45, 2.75) is 5.75 Å². The highest BCUT2D eigenvalue weighted by Gasteiger charge is 2.32. The number of benzene rings is 2. The Labute approximate surface area is 192 Å². The lowest BCUT2D eigenvalue weighted by molar-refractivity contribution is -0.113. The van der Waals surface area contributed by atoms with E-state index in [1.165, 1.54) is 11.8 Å². The molecule has 30 heavy (non-hydrogen) atoms. The van der Waals surface area contributed by atoms with Crippen LogP contribution in [-0.4, -0.2) is 18.2 Å². The SMILES string of the molecule is COc1ccc(N2C(=O)/C(=C\c3cccs3)N=C2SCc2cccc(Cl)c2)cc1Cl. The minimum Gasteiger partial charge on any atom is -0.495 e. The summed E-state index contributed by atoms with van der Waals surface area (Å²) in [7, 11) is 1.55. The number of thioether (sulfide) groups is 1. The average Bonchev–Trinajstić information content (AvgIpc) is 3.35. The van der Waals surface area contributed by atoms with Crippen LogP contribution in [0.25, 0.3) is 6.08 Å². The van der Waals surface area contributed by atoms with Crippen molar-refractivity contribution in [3.05, 3.63) is 86.2 Å². The molecule has 8 heteroatoms. The lowest BCUT2D eigenvalue weighted by Crippen LogP contribution is -2.30. The largest absolute Gasteiger partial charge is 0.495 e. The van der Waals surface area contributed by atoms with Gasteiger partial charge in [0.2, 0.25) is 0 Å². The van der Waals surface area contributed by atoms with Crippen molar-refractivity contribution in [2.24, 2.45) is 4.99 Å². The van der Waals surface area contributed by atoms with Crippen LogP contribution in [0.2, 0.25) is 10.0 Å². The van der Waals surface area contributed by atoms with Gasteiger partial charge in [-0.15, -0.1) is 11.3 Å². The van der Waals surface area contributed by atoms with E-state index in [0.717, 1.165) is 10.4 Å². The third kappa shape index (κ3) is 4.57. The number of rotatable bonds is 5. The molecule has 1 aliphatic rings. The maximum absolute atomic E-state index is 13.2. The van der Waals surface area contributed by atoms with Crippen LogP contribution in [0.15, 0.2) is 70.7 Å². The van der Waals surface area contributed by atoms with Crippen molar-refractivity contribution >= 4 is 69.1 Å². The molecule has 0 atom stereocenters. The zero-order valence-corrected chi connectivity index (χ0v) is 19.0. The van der Waals surface area contributed by atoms with E-state index < -0.39 is 0 Å². The minimum atomic E-state index is -0.196. The third-order valence-corrected chi connectivity index (χ3v) is 6.66. The molecule has 1 amide bonds. The van der Waals surface area contributed by atoms with Crippen LogP contribution in [0.4, 0.5) is 5.69 Å². The molecule has 0 fully saturated rings. The molecule has 1 aromatic heterocycles. The fourth-order valence-electron chi connectivity index (χ4n) is 2.90. The molecule has 0 radical (unpaired) electrons. The Bertz CT molecular complexity index is 1140. The van der Waals surface area contributed by atoms with Gasteiger partial charge in [0.15, 0.2) is 5.17 Å². The summed E-state index contributed by atoms with van der Waals surface area (Å²) in [6.45, 7) is 0. The van der Waals surface area contributed by atoms with E-state index in [-0.39, 0.29) is 5.91 Å². The second-order valence-corrected chi connectivity index (χ2v) is 9.08. The van der Waals surface area contributed by atoms with Gasteiger partial charge in [-0.25, -0.2) is 4.99 Å². The number of halogens is 2. The number of hydrogen-bond acceptors (Lipinski definition) is 5. The van der Waals surface area contributed by atoms with E-state index in [1.54, 1.807) is 47.6 Å². The Hall–Kier alpha value is -2.25. The first-order valence-corrected chi connectivity index (χ1v) is 11.6. The van der Waals surface area contributed by atoms with Crippen molar-refractivity contribution in [1.29, 1.82) is 0 Å². The number of carbonyl (C=O) groups is 1. The van der Waals surface area contributed by atoms with Crippen molar-refractivity contribution in [1.82, 2.24) is 0 Å². The predicted molar refractivity (Wildman–Crippen MR) is 128 cm³/mol. The van der Waals surface area contributed by atoms with Crippen molar-refractivity contribution in [2.75, 3.05) is 12.0 Å². The van der Waals surface area contributed by atoms with Crippen molar-refractivity contribution < 1.29 is 9.53 Å². The number of nitrogens with zero attached hydrogens (tertiary/aromatic N) is 2. The van der Waals surface area contributed by atoms with Crippen LogP contribution >= 0.6 is 46.3 Å². The number of aliphatic imine (C=N–C) groups is 1. The van der Waals surface area contributed by atoms with Gasteiger partial charge in [-0.05, 0) is 53.4 Å². The number of thiophene rings is 1. The monoisotopic (exact) mass is 474 g/mol. The van der Waals surface area contributed by atoms with Gasteiger partial charge in [-0.2, -0.15) is 0 Å². The Morgan fingerprint density at radius 1 is 1.17 bits per heavy atom. The summed E-state index contributed by atoms with van der Waals surface area (Å²) in [5.74, 6) is 0.976. The zero-order valence-electron chi connectivity index (χ0n) is 15.8. The van der Waals surface area contributed by atoms with Crippen LogP contribution in [-0.2, 0) is 10.5 Å². The fourth-order valence-corrected chi connectivity index (χ4v) is 4.97. The number of amides is 1. The zero-order chi connectivity index (χ0) is 21.1. The number of anilines is 1. The molecule has 0 spiro atoms. The Morgan fingerprint density at radius 3 is 2.73 bits per heavy atom. The van der Waals surface area contributed by atoms with Crippen molar-refractivity contribution in [3.63, 3.8) is 0 Å². The lowest BCUT2D eigenvalue weighted by Gasteiger charge is -2.18. The molecule has 152 valence electrons. The molecule has 0 unspecified atom stereocenters. The Kier molecular flexibility index (Phi) is 6.49. The Balaban J connectivity index is 1.67. The molecular formula is C22H16Cl2N2O2S2. The van der Waals surface area contributed by atoms with E-state index in [4.69, 9.17) is 27.9 Å². The van der Waals surface area contributed by atoms with Gasteiger partial charge in [-0.1, -0.05) is 53.2 Å². The van der Waals surface area contributed by atoms with Gasteiger partial charge in [0, 0.05) is 15.7 Å². The number of hydrogen-bond donors (Lipinski definition) is 0. The summed E-state index contributed by atoms with van der Waals surface area (Å²) in [5, 5.41) is 3.65. The van der Waals surface area contributed by atoms with Gasteiger partial charge in [0.05, 0.1) is 17.8 Å². The first kappa shape index (κ1) is 21.0. The molecule has 0 saturated heterocycles.